The SMILES string of the molecule is NC1NC(=O)C2NCN(C3OC(COC(=O)c4ccccc4)C(OC(=O)c4ccccc4)C3OC(=O)c3ccccc3)C2N1. The molecule has 44 heavy (non-hydrogen) atoms. The average molecular weight is 602 g/mol. The second-order valence-corrected chi connectivity index (χ2v) is 10.5. The van der Waals surface area contributed by atoms with Crippen LogP contribution in [0, 0.1) is 0 Å². The minimum atomic E-state index is -1.20. The Bertz CT molecular complexity index is 1490. The van der Waals surface area contributed by atoms with E-state index in [0.29, 0.717) is 5.56 Å². The third-order valence-corrected chi connectivity index (χ3v) is 7.60. The molecule has 13 nitrogen and oxygen atoms in total. The summed E-state index contributed by atoms with van der Waals surface area (Å²) in [7, 11) is 0. The van der Waals surface area contributed by atoms with Crippen LogP contribution in [-0.2, 0) is 23.7 Å². The third-order valence-electron chi connectivity index (χ3n) is 7.60. The summed E-state index contributed by atoms with van der Waals surface area (Å²) in [6.45, 7) is -0.179. The second-order valence-electron chi connectivity index (χ2n) is 10.5. The number of fused-ring (bicyclic) bond motifs is 1. The predicted octanol–water partition coefficient (Wildman–Crippen LogP) is 0.539. The van der Waals surface area contributed by atoms with E-state index in [1.54, 1.807) is 95.9 Å². The highest BCUT2D eigenvalue weighted by Crippen LogP contribution is 2.33. The van der Waals surface area contributed by atoms with Crippen molar-refractivity contribution in [1.29, 1.82) is 0 Å². The van der Waals surface area contributed by atoms with Crippen LogP contribution in [0.25, 0.3) is 0 Å². The molecule has 3 heterocycles. The number of nitrogens with one attached hydrogen (secondary N) is 3. The zero-order valence-electron chi connectivity index (χ0n) is 23.4. The molecule has 3 aromatic carbocycles. The zero-order chi connectivity index (χ0) is 30.6. The first-order valence-corrected chi connectivity index (χ1v) is 14.1. The van der Waals surface area contributed by atoms with E-state index in [1.165, 1.54) is 0 Å². The van der Waals surface area contributed by atoms with Gasteiger partial charge in [-0.3, -0.25) is 21.2 Å². The lowest BCUT2D eigenvalue weighted by Crippen LogP contribution is -2.71. The minimum absolute atomic E-state index is 0.141. The van der Waals surface area contributed by atoms with Crippen LogP contribution in [0.3, 0.4) is 0 Å². The van der Waals surface area contributed by atoms with Gasteiger partial charge in [0, 0.05) is 0 Å². The van der Waals surface area contributed by atoms with Crippen LogP contribution in [0.1, 0.15) is 31.1 Å². The summed E-state index contributed by atoms with van der Waals surface area (Å²) < 4.78 is 24.0. The standard InChI is InChI=1S/C31H31N5O8/c32-31-34-25-22(26(37)35-31)33-17-36(25)27-24(44-30(40)20-14-8-3-9-15-20)23(43-29(39)19-12-6-2-7-13-19)21(42-27)16-41-28(38)18-10-4-1-5-11-18/h1-15,21-25,27,31,33-34H,16-17,32H2,(H,35,37). The van der Waals surface area contributed by atoms with Gasteiger partial charge in [0.15, 0.2) is 18.4 Å². The number of ether oxygens (including phenoxy) is 4. The Kier molecular flexibility index (Phi) is 8.63. The quantitative estimate of drug-likeness (QED) is 0.209. The van der Waals surface area contributed by atoms with Gasteiger partial charge in [-0.25, -0.2) is 19.3 Å². The van der Waals surface area contributed by atoms with Crippen molar-refractivity contribution in [2.45, 2.75) is 43.0 Å². The van der Waals surface area contributed by atoms with E-state index < -0.39 is 60.9 Å². The molecule has 0 radical (unpaired) electrons. The highest BCUT2D eigenvalue weighted by molar-refractivity contribution is 5.91. The first-order chi connectivity index (χ1) is 21.4. The van der Waals surface area contributed by atoms with E-state index >= 15 is 0 Å². The van der Waals surface area contributed by atoms with E-state index in [9.17, 15) is 19.2 Å². The first-order valence-electron chi connectivity index (χ1n) is 14.1. The fourth-order valence-corrected chi connectivity index (χ4v) is 5.47. The van der Waals surface area contributed by atoms with Crippen LogP contribution < -0.4 is 21.7 Å². The Morgan fingerprint density at radius 2 is 1.32 bits per heavy atom. The number of rotatable bonds is 8. The number of nitrogens with zero attached hydrogens (tertiary/aromatic N) is 1. The van der Waals surface area contributed by atoms with Gasteiger partial charge in [0.2, 0.25) is 5.91 Å². The summed E-state index contributed by atoms with van der Waals surface area (Å²) in [5.74, 6) is -2.29. The normalized spacial score (nSPS) is 28.0. The van der Waals surface area contributed by atoms with Crippen LogP contribution in [0.15, 0.2) is 91.0 Å². The Hall–Kier alpha value is -4.66. The molecule has 0 saturated carbocycles. The topological polar surface area (TPSA) is 171 Å². The van der Waals surface area contributed by atoms with Crippen LogP contribution in [0.5, 0.6) is 0 Å². The number of nitrogens with two attached hydrogens (primary N) is 1. The molecule has 7 atom stereocenters. The molecule has 7 unspecified atom stereocenters. The lowest BCUT2D eigenvalue weighted by molar-refractivity contribution is -0.134. The van der Waals surface area contributed by atoms with Crippen molar-refractivity contribution in [1.82, 2.24) is 20.9 Å². The molecule has 0 spiro atoms. The lowest BCUT2D eigenvalue weighted by Gasteiger charge is -2.38. The van der Waals surface area contributed by atoms with E-state index in [0.717, 1.165) is 0 Å². The number of hydrogen-bond donors (Lipinski definition) is 4. The maximum Gasteiger partial charge on any atom is 0.338 e. The molecular weight excluding hydrogens is 570 g/mol. The number of esters is 3. The van der Waals surface area contributed by atoms with Crippen LogP contribution in [0.2, 0.25) is 0 Å². The molecule has 1 amide bonds. The van der Waals surface area contributed by atoms with Crippen molar-refractivity contribution >= 4 is 23.8 Å². The fourth-order valence-electron chi connectivity index (χ4n) is 5.47. The van der Waals surface area contributed by atoms with Gasteiger partial charge < -0.3 is 24.3 Å². The van der Waals surface area contributed by atoms with Crippen molar-refractivity contribution in [2.75, 3.05) is 13.3 Å². The van der Waals surface area contributed by atoms with Crippen LogP contribution in [-0.4, -0.2) is 85.0 Å². The van der Waals surface area contributed by atoms with Crippen molar-refractivity contribution in [3.8, 4) is 0 Å². The van der Waals surface area contributed by atoms with Crippen LogP contribution >= 0.6 is 0 Å². The van der Waals surface area contributed by atoms with Crippen molar-refractivity contribution < 1.29 is 38.1 Å². The molecule has 0 aliphatic carbocycles. The molecule has 5 N–H and O–H groups in total. The zero-order valence-corrected chi connectivity index (χ0v) is 23.4. The summed E-state index contributed by atoms with van der Waals surface area (Å²) >= 11 is 0. The Morgan fingerprint density at radius 3 is 1.89 bits per heavy atom. The van der Waals surface area contributed by atoms with Gasteiger partial charge in [-0.1, -0.05) is 54.6 Å². The fraction of sp³-hybridized carbons (Fsp3) is 0.290. The number of benzene rings is 3. The Labute approximate surface area is 252 Å². The van der Waals surface area contributed by atoms with E-state index in [1.807, 2.05) is 0 Å². The molecule has 3 saturated heterocycles. The van der Waals surface area contributed by atoms with E-state index in [4.69, 9.17) is 24.7 Å². The summed E-state index contributed by atoms with van der Waals surface area (Å²) in [4.78, 5) is 53.9. The molecule has 3 aliphatic rings. The molecule has 0 aromatic heterocycles. The molecule has 3 aromatic rings. The summed E-state index contributed by atoms with van der Waals surface area (Å²) in [5, 5.41) is 8.84. The molecule has 3 aliphatic heterocycles. The predicted molar refractivity (Wildman–Crippen MR) is 153 cm³/mol. The highest BCUT2D eigenvalue weighted by atomic mass is 16.7. The van der Waals surface area contributed by atoms with Gasteiger partial charge >= 0.3 is 17.9 Å². The first kappa shape index (κ1) is 29.4. The monoisotopic (exact) mass is 601 g/mol. The third kappa shape index (κ3) is 6.18. The van der Waals surface area contributed by atoms with Crippen molar-refractivity contribution in [3.63, 3.8) is 0 Å². The summed E-state index contributed by atoms with van der Waals surface area (Å²) in [6, 6.07) is 24.4. The van der Waals surface area contributed by atoms with Gasteiger partial charge in [0.25, 0.3) is 0 Å². The number of carbonyl (C=O) groups is 4. The number of carbonyl (C=O) groups excluding carboxylic acids is 4. The minimum Gasteiger partial charge on any atom is -0.459 e. The van der Waals surface area contributed by atoms with E-state index in [-0.39, 0.29) is 30.3 Å². The average Bonchev–Trinajstić information content (AvgIpc) is 3.62. The molecular formula is C31H31N5O8. The van der Waals surface area contributed by atoms with Crippen molar-refractivity contribution in [2.24, 2.45) is 5.73 Å². The van der Waals surface area contributed by atoms with Gasteiger partial charge in [-0.2, -0.15) is 0 Å². The lowest BCUT2D eigenvalue weighted by atomic mass is 10.1. The molecule has 0 bridgehead atoms. The Balaban J connectivity index is 1.32. The smallest absolute Gasteiger partial charge is 0.338 e. The maximum atomic E-state index is 13.4. The molecule has 13 heteroatoms. The maximum absolute atomic E-state index is 13.4. The van der Waals surface area contributed by atoms with E-state index in [2.05, 4.69) is 16.0 Å². The Morgan fingerprint density at radius 1 is 0.795 bits per heavy atom. The van der Waals surface area contributed by atoms with Gasteiger partial charge in [-0.15, -0.1) is 0 Å². The summed E-state index contributed by atoms with van der Waals surface area (Å²) in [6.07, 6.45) is -5.97. The second kappa shape index (κ2) is 12.9. The molecule has 228 valence electrons. The largest absolute Gasteiger partial charge is 0.459 e. The molecule has 6 rings (SSSR count). The highest BCUT2D eigenvalue weighted by Gasteiger charge is 2.57. The number of amides is 1. The molecule has 3 fully saturated rings. The van der Waals surface area contributed by atoms with Crippen LogP contribution in [0.4, 0.5) is 0 Å². The number of hydrogen-bond acceptors (Lipinski definition) is 12. The van der Waals surface area contributed by atoms with Crippen molar-refractivity contribution in [3.05, 3.63) is 108 Å². The van der Waals surface area contributed by atoms with Gasteiger partial charge in [0.1, 0.15) is 25.0 Å². The van der Waals surface area contributed by atoms with Gasteiger partial charge in [-0.05, 0) is 36.4 Å². The van der Waals surface area contributed by atoms with Gasteiger partial charge in [0.05, 0.1) is 29.5 Å². The summed E-state index contributed by atoms with van der Waals surface area (Å²) in [5.41, 5.74) is 6.87.